The Morgan fingerprint density at radius 2 is 0.429 bits per heavy atom. The van der Waals surface area contributed by atoms with Crippen molar-refractivity contribution in [3.05, 3.63) is 0 Å². The van der Waals surface area contributed by atoms with Crippen LogP contribution in [-0.2, 0) is 42.1 Å². The van der Waals surface area contributed by atoms with Gasteiger partial charge in [0, 0.05) is 0 Å². The van der Waals surface area contributed by atoms with Crippen LogP contribution in [0.4, 0.5) is 0 Å². The van der Waals surface area contributed by atoms with E-state index in [9.17, 15) is 0 Å². The molecule has 21 heavy (non-hydrogen) atoms. The van der Waals surface area contributed by atoms with Gasteiger partial charge < -0.3 is 0 Å². The first kappa shape index (κ1) is 56.5. The Bertz CT molecular complexity index is 125. The molecule has 0 saturated carbocycles. The molecule has 108 valence electrons. The van der Waals surface area contributed by atoms with Crippen LogP contribution in [0.5, 0.6) is 0 Å². The molecule has 0 amide bonds. The Kier molecular flexibility index (Phi) is 380. The summed E-state index contributed by atoms with van der Waals surface area (Å²) in [5, 5.41) is 0. The molecule has 0 aliphatic rings. The predicted molar refractivity (Wildman–Crippen MR) is 52.8 cm³/mol. The van der Waals surface area contributed by atoms with Crippen molar-refractivity contribution in [1.29, 1.82) is 0 Å². The number of rotatable bonds is 0. The van der Waals surface area contributed by atoms with Crippen molar-refractivity contribution in [3.63, 3.8) is 0 Å². The number of hydrogen-bond acceptors (Lipinski definition) is 12. The van der Waals surface area contributed by atoms with Gasteiger partial charge in [0.05, 0.1) is 0 Å². The average Bonchev–Trinajstić information content (AvgIpc) is 2.23. The normalized spacial score (nSPS) is 3.43. The topological polar surface area (TPSA) is 241 Å². The van der Waals surface area contributed by atoms with Gasteiger partial charge >= 0.3 is 200 Å². The van der Waals surface area contributed by atoms with Gasteiger partial charge in [0.1, 0.15) is 0 Å². The minimum absolute atomic E-state index is 0. The molecule has 0 unspecified atom stereocenters. The largest absolute Gasteiger partial charge is 2.00 e. The Morgan fingerprint density at radius 3 is 0.429 bits per heavy atom. The smallest absolute Gasteiger partial charge is 2.00 e. The summed E-state index contributed by atoms with van der Waals surface area (Å²) in [4.78, 5) is 0. The Hall–Kier alpha value is 2.71. The fourth-order valence-electron chi connectivity index (χ4n) is 0. The minimum atomic E-state index is -2.19. The van der Waals surface area contributed by atoms with E-state index in [1.165, 1.54) is 0 Å². The Labute approximate surface area is 196 Å². The molecule has 12 nitrogen and oxygen atoms in total. The second-order valence-corrected chi connectivity index (χ2v) is 3.00. The number of hydrogen-bond donors (Lipinski definition) is 0. The van der Waals surface area contributed by atoms with Crippen molar-refractivity contribution in [2.75, 3.05) is 0 Å². The van der Waals surface area contributed by atoms with Gasteiger partial charge in [-0.25, -0.2) is 0 Å². The van der Waals surface area contributed by atoms with Crippen LogP contribution in [0.15, 0.2) is 0 Å². The van der Waals surface area contributed by atoms with E-state index in [0.717, 1.165) is 0 Å². The predicted octanol–water partition coefficient (Wildman–Crippen LogP) is -15.1. The third kappa shape index (κ3) is 1320. The Morgan fingerprint density at radius 1 is 0.429 bits per heavy atom. The van der Waals surface area contributed by atoms with E-state index < -0.39 is 94.2 Å². The van der Waals surface area contributed by atoms with E-state index in [4.69, 9.17) is 47.5 Å². The van der Waals surface area contributed by atoms with Gasteiger partial charge in [-0.1, -0.05) is 0 Å². The van der Waals surface area contributed by atoms with Crippen molar-refractivity contribution in [2.45, 2.75) is 0 Å². The van der Waals surface area contributed by atoms with Gasteiger partial charge in [-0.2, -0.15) is 0 Å². The van der Waals surface area contributed by atoms with Gasteiger partial charge in [-0.15, -0.1) is 0 Å². The molecule has 0 aliphatic heterocycles. The summed E-state index contributed by atoms with van der Waals surface area (Å²) >= 11 is -13.1. The van der Waals surface area contributed by atoms with Gasteiger partial charge in [0.15, 0.2) is 0 Å². The van der Waals surface area contributed by atoms with Crippen LogP contribution in [-0.4, -0.2) is 114 Å². The molecule has 0 fully saturated rings. The molecule has 0 heterocycles. The van der Waals surface area contributed by atoms with Crippen molar-refractivity contribution >= 4 is 114 Å². The standard InChI is InChI=1S/Ga.6GeHO2.Li.Zn/c;6*2-1-3;;/h;6*1H;;/q+3;6*-1;+1;+2. The first-order valence-corrected chi connectivity index (χ1v) is 14.7. The van der Waals surface area contributed by atoms with Crippen molar-refractivity contribution in [3.8, 4) is 0 Å². The summed E-state index contributed by atoms with van der Waals surface area (Å²) in [6, 6.07) is 0. The van der Waals surface area contributed by atoms with E-state index >= 15 is 0 Å². The fourth-order valence-corrected chi connectivity index (χ4v) is 0. The molecular formula is H6GaGe6LiO12Zn. The van der Waals surface area contributed by atoms with Crippen molar-refractivity contribution in [1.82, 2.24) is 0 Å². The Balaban J connectivity index is -0.0000000114. The molecule has 0 aromatic heterocycles. The van der Waals surface area contributed by atoms with E-state index in [2.05, 4.69) is 0 Å². The molecule has 0 atom stereocenters. The van der Waals surface area contributed by atoms with Crippen LogP contribution in [0, 0.1) is 0 Å². The molecule has 0 radical (unpaired) electrons. The van der Waals surface area contributed by atoms with Gasteiger partial charge in [0.2, 0.25) is 0 Å². The third-order valence-electron chi connectivity index (χ3n) is 0. The maximum Gasteiger partial charge on any atom is 2.00 e. The molecule has 0 aromatic carbocycles. The van der Waals surface area contributed by atoms with E-state index in [0.29, 0.717) is 0 Å². The molecular weight excluding hydrogens is 770 g/mol. The quantitative estimate of drug-likeness (QED) is 0.209. The third-order valence-corrected chi connectivity index (χ3v) is 0. The second-order valence-electron chi connectivity index (χ2n) is 0.577. The summed E-state index contributed by atoms with van der Waals surface area (Å²) in [5.41, 5.74) is 0. The summed E-state index contributed by atoms with van der Waals surface area (Å²) < 4.78 is 102. The maximum absolute atomic E-state index is 8.53. The average molecular weight is 776 g/mol. The fraction of sp³-hybridized carbons (Fsp3) is 0. The summed E-state index contributed by atoms with van der Waals surface area (Å²) in [7, 11) is 0. The van der Waals surface area contributed by atoms with Crippen LogP contribution >= 0.6 is 0 Å². The van der Waals surface area contributed by atoms with E-state index in [1.54, 1.807) is 0 Å². The summed E-state index contributed by atoms with van der Waals surface area (Å²) in [6.07, 6.45) is 0. The SMILES string of the molecule is [Ga+3].[Li+].[O]=[GeH][O-].[O]=[GeH][O-].[O]=[GeH][O-].[O]=[GeH][O-].[O]=[GeH][O-].[O]=[GeH][O-].[Zn+2]. The molecule has 0 spiro atoms. The first-order chi connectivity index (χ1) is 8.49. The maximum atomic E-state index is 8.53. The molecule has 0 saturated heterocycles. The van der Waals surface area contributed by atoms with Crippen LogP contribution in [0.2, 0.25) is 0 Å². The zero-order valence-electron chi connectivity index (χ0n) is 10.6. The first-order valence-electron chi connectivity index (χ1n) is 2.83. The van der Waals surface area contributed by atoms with Crippen molar-refractivity contribution in [2.24, 2.45) is 0 Å². The van der Waals surface area contributed by atoms with Crippen LogP contribution in [0.1, 0.15) is 0 Å². The monoisotopic (exact) mass is 781 g/mol. The summed E-state index contributed by atoms with van der Waals surface area (Å²) in [5.74, 6) is 0. The van der Waals surface area contributed by atoms with Gasteiger partial charge in [-0.05, 0) is 0 Å². The molecule has 0 aliphatic carbocycles. The molecule has 0 N–H and O–H groups in total. The van der Waals surface area contributed by atoms with E-state index in [-0.39, 0.29) is 58.1 Å². The summed E-state index contributed by atoms with van der Waals surface area (Å²) in [6.45, 7) is 0. The van der Waals surface area contributed by atoms with Crippen LogP contribution in [0.25, 0.3) is 0 Å². The van der Waals surface area contributed by atoms with Crippen LogP contribution < -0.4 is 43.7 Å². The minimum Gasteiger partial charge on any atom is 2.00 e. The van der Waals surface area contributed by atoms with Gasteiger partial charge in [0.25, 0.3) is 0 Å². The van der Waals surface area contributed by atoms with Gasteiger partial charge in [-0.3, -0.25) is 0 Å². The van der Waals surface area contributed by atoms with Crippen molar-refractivity contribution < 1.29 is 85.8 Å². The zero-order valence-corrected chi connectivity index (χ0v) is 30.6. The molecule has 0 bridgehead atoms. The zero-order chi connectivity index (χ0) is 16.2. The molecule has 0 aromatic rings. The van der Waals surface area contributed by atoms with E-state index in [1.807, 2.05) is 0 Å². The second kappa shape index (κ2) is 141. The van der Waals surface area contributed by atoms with Crippen LogP contribution in [0.3, 0.4) is 0 Å². The molecule has 21 heteroatoms. The molecule has 0 rings (SSSR count).